The predicted octanol–water partition coefficient (Wildman–Crippen LogP) is 4.10. The summed E-state index contributed by atoms with van der Waals surface area (Å²) in [5, 5.41) is 5.55. The average Bonchev–Trinajstić information content (AvgIpc) is 2.56. The lowest BCUT2D eigenvalue weighted by Gasteiger charge is -2.13. The van der Waals surface area contributed by atoms with Crippen LogP contribution >= 0.6 is 0 Å². The maximum Gasteiger partial charge on any atom is 0.251 e. The summed E-state index contributed by atoms with van der Waals surface area (Å²) in [5.41, 5.74) is 5.74. The SMILES string of the molecule is Cc1cc(C)c(NC(=O)CNC(=O)c2ccc(C(C)C)cc2)c(C)c1. The van der Waals surface area contributed by atoms with Crippen molar-refractivity contribution in [3.05, 3.63) is 64.2 Å². The molecule has 2 aromatic rings. The molecule has 0 aliphatic rings. The number of hydrogen-bond donors (Lipinski definition) is 2. The van der Waals surface area contributed by atoms with Gasteiger partial charge in [-0.15, -0.1) is 0 Å². The molecule has 0 spiro atoms. The van der Waals surface area contributed by atoms with E-state index in [9.17, 15) is 9.59 Å². The second-order valence-electron chi connectivity index (χ2n) is 6.78. The largest absolute Gasteiger partial charge is 0.343 e. The highest BCUT2D eigenvalue weighted by Crippen LogP contribution is 2.21. The van der Waals surface area contributed by atoms with Crippen molar-refractivity contribution < 1.29 is 9.59 Å². The summed E-state index contributed by atoms with van der Waals surface area (Å²) in [4.78, 5) is 24.3. The number of aryl methyl sites for hydroxylation is 3. The number of anilines is 1. The molecule has 2 aromatic carbocycles. The van der Waals surface area contributed by atoms with E-state index in [1.54, 1.807) is 12.1 Å². The van der Waals surface area contributed by atoms with Crippen LogP contribution in [0.4, 0.5) is 5.69 Å². The fraction of sp³-hybridized carbons (Fsp3) is 0.333. The van der Waals surface area contributed by atoms with E-state index < -0.39 is 0 Å². The van der Waals surface area contributed by atoms with Gasteiger partial charge in [-0.3, -0.25) is 9.59 Å². The van der Waals surface area contributed by atoms with Gasteiger partial charge in [0, 0.05) is 11.3 Å². The Balaban J connectivity index is 1.94. The third kappa shape index (κ3) is 4.92. The van der Waals surface area contributed by atoms with Crippen LogP contribution in [0.1, 0.15) is 52.4 Å². The molecule has 0 aromatic heterocycles. The molecule has 0 aliphatic carbocycles. The molecule has 132 valence electrons. The van der Waals surface area contributed by atoms with Gasteiger partial charge >= 0.3 is 0 Å². The van der Waals surface area contributed by atoms with Crippen LogP contribution in [0.5, 0.6) is 0 Å². The van der Waals surface area contributed by atoms with Gasteiger partial charge in [0.1, 0.15) is 0 Å². The Morgan fingerprint density at radius 2 is 1.52 bits per heavy atom. The first kappa shape index (κ1) is 18.7. The highest BCUT2D eigenvalue weighted by atomic mass is 16.2. The number of benzene rings is 2. The first-order valence-electron chi connectivity index (χ1n) is 8.53. The molecule has 0 saturated carbocycles. The molecule has 2 rings (SSSR count). The van der Waals surface area contributed by atoms with Gasteiger partial charge in [0.05, 0.1) is 6.54 Å². The number of carbonyl (C=O) groups is 2. The van der Waals surface area contributed by atoms with Crippen molar-refractivity contribution in [1.29, 1.82) is 0 Å². The van der Waals surface area contributed by atoms with Crippen LogP contribution in [0, 0.1) is 20.8 Å². The van der Waals surface area contributed by atoms with Gasteiger partial charge in [0.15, 0.2) is 0 Å². The average molecular weight is 338 g/mol. The van der Waals surface area contributed by atoms with Crippen LogP contribution in [0.25, 0.3) is 0 Å². The minimum Gasteiger partial charge on any atom is -0.343 e. The van der Waals surface area contributed by atoms with Gasteiger partial charge in [-0.1, -0.05) is 43.7 Å². The van der Waals surface area contributed by atoms with Gasteiger partial charge in [-0.25, -0.2) is 0 Å². The Bertz CT molecular complexity index is 754. The number of nitrogens with one attached hydrogen (secondary N) is 2. The zero-order valence-electron chi connectivity index (χ0n) is 15.6. The van der Waals surface area contributed by atoms with Crippen LogP contribution in [0.2, 0.25) is 0 Å². The van der Waals surface area contributed by atoms with E-state index in [2.05, 4.69) is 24.5 Å². The third-order valence-electron chi connectivity index (χ3n) is 4.19. The van der Waals surface area contributed by atoms with Gasteiger partial charge in [-0.05, 0) is 55.5 Å². The van der Waals surface area contributed by atoms with E-state index in [0.717, 1.165) is 22.4 Å². The lowest BCUT2D eigenvalue weighted by atomic mass is 10.0. The number of rotatable bonds is 5. The Hall–Kier alpha value is -2.62. The van der Waals surface area contributed by atoms with Crippen molar-refractivity contribution in [2.45, 2.75) is 40.5 Å². The van der Waals surface area contributed by atoms with Gasteiger partial charge in [0.2, 0.25) is 5.91 Å². The van der Waals surface area contributed by atoms with E-state index in [1.165, 1.54) is 5.56 Å². The first-order valence-corrected chi connectivity index (χ1v) is 8.53. The maximum atomic E-state index is 12.2. The van der Waals surface area contributed by atoms with Crippen LogP contribution in [-0.4, -0.2) is 18.4 Å². The zero-order valence-corrected chi connectivity index (χ0v) is 15.6. The minimum atomic E-state index is -0.247. The fourth-order valence-electron chi connectivity index (χ4n) is 2.84. The van der Waals surface area contributed by atoms with Crippen molar-refractivity contribution in [3.63, 3.8) is 0 Å². The van der Waals surface area contributed by atoms with Crippen LogP contribution in [-0.2, 0) is 4.79 Å². The maximum absolute atomic E-state index is 12.2. The van der Waals surface area contributed by atoms with Crippen LogP contribution < -0.4 is 10.6 Å². The van der Waals surface area contributed by atoms with E-state index >= 15 is 0 Å². The van der Waals surface area contributed by atoms with E-state index in [-0.39, 0.29) is 18.4 Å². The third-order valence-corrected chi connectivity index (χ3v) is 4.19. The van der Waals surface area contributed by atoms with Crippen molar-refractivity contribution in [3.8, 4) is 0 Å². The van der Waals surface area contributed by atoms with Crippen molar-refractivity contribution in [1.82, 2.24) is 5.32 Å². The molecular formula is C21H26N2O2. The number of carbonyl (C=O) groups excluding carboxylic acids is 2. The lowest BCUT2D eigenvalue weighted by Crippen LogP contribution is -2.33. The molecule has 4 heteroatoms. The van der Waals surface area contributed by atoms with Crippen LogP contribution in [0.15, 0.2) is 36.4 Å². The Kier molecular flexibility index (Phi) is 5.97. The van der Waals surface area contributed by atoms with Crippen LogP contribution in [0.3, 0.4) is 0 Å². The molecular weight excluding hydrogens is 312 g/mol. The number of amides is 2. The van der Waals surface area contributed by atoms with Crippen molar-refractivity contribution >= 4 is 17.5 Å². The molecule has 0 aliphatic heterocycles. The predicted molar refractivity (Wildman–Crippen MR) is 102 cm³/mol. The van der Waals surface area contributed by atoms with Gasteiger partial charge in [0.25, 0.3) is 5.91 Å². The monoisotopic (exact) mass is 338 g/mol. The summed E-state index contributed by atoms with van der Waals surface area (Å²) in [6.07, 6.45) is 0. The quantitative estimate of drug-likeness (QED) is 0.862. The molecule has 2 amide bonds. The Morgan fingerprint density at radius 3 is 2.04 bits per heavy atom. The standard InChI is InChI=1S/C21H26N2O2/c1-13(2)17-6-8-18(9-7-17)21(25)22-12-19(24)23-20-15(4)10-14(3)11-16(20)5/h6-11,13H,12H2,1-5H3,(H,22,25)(H,23,24). The molecule has 0 saturated heterocycles. The summed E-state index contributed by atoms with van der Waals surface area (Å²) in [6.45, 7) is 10.1. The highest BCUT2D eigenvalue weighted by molar-refractivity contribution is 5.99. The van der Waals surface area contributed by atoms with Crippen molar-refractivity contribution in [2.75, 3.05) is 11.9 Å². The summed E-state index contributed by atoms with van der Waals surface area (Å²) < 4.78 is 0. The molecule has 0 radical (unpaired) electrons. The Labute approximate surface area is 149 Å². The summed E-state index contributed by atoms with van der Waals surface area (Å²) in [6, 6.07) is 11.5. The number of hydrogen-bond acceptors (Lipinski definition) is 2. The second kappa shape index (κ2) is 7.97. The molecule has 0 bridgehead atoms. The highest BCUT2D eigenvalue weighted by Gasteiger charge is 2.11. The summed E-state index contributed by atoms with van der Waals surface area (Å²) in [5.74, 6) is -0.0612. The molecule has 25 heavy (non-hydrogen) atoms. The summed E-state index contributed by atoms with van der Waals surface area (Å²) in [7, 11) is 0. The van der Waals surface area contributed by atoms with Gasteiger partial charge < -0.3 is 10.6 Å². The Morgan fingerprint density at radius 1 is 0.960 bits per heavy atom. The van der Waals surface area contributed by atoms with E-state index in [1.807, 2.05) is 45.0 Å². The lowest BCUT2D eigenvalue weighted by molar-refractivity contribution is -0.115. The second-order valence-corrected chi connectivity index (χ2v) is 6.78. The molecule has 0 heterocycles. The molecule has 2 N–H and O–H groups in total. The molecule has 4 nitrogen and oxygen atoms in total. The molecule has 0 unspecified atom stereocenters. The van der Waals surface area contributed by atoms with Gasteiger partial charge in [-0.2, -0.15) is 0 Å². The first-order chi connectivity index (χ1) is 11.8. The molecule has 0 fully saturated rings. The minimum absolute atomic E-state index is 0.0580. The fourth-order valence-corrected chi connectivity index (χ4v) is 2.84. The summed E-state index contributed by atoms with van der Waals surface area (Å²) >= 11 is 0. The van der Waals surface area contributed by atoms with E-state index in [4.69, 9.17) is 0 Å². The zero-order chi connectivity index (χ0) is 18.6. The molecule has 0 atom stereocenters. The topological polar surface area (TPSA) is 58.2 Å². The smallest absolute Gasteiger partial charge is 0.251 e. The normalized spacial score (nSPS) is 10.6. The van der Waals surface area contributed by atoms with E-state index in [0.29, 0.717) is 11.5 Å². The van der Waals surface area contributed by atoms with Crippen molar-refractivity contribution in [2.24, 2.45) is 0 Å².